The first-order valence-electron chi connectivity index (χ1n) is 7.47. The Kier molecular flexibility index (Phi) is 2.96. The minimum absolute atomic E-state index is 0.122. The molecule has 3 rings (SSSR count). The summed E-state index contributed by atoms with van der Waals surface area (Å²) in [6, 6.07) is 0. The van der Waals surface area contributed by atoms with E-state index in [1.54, 1.807) is 4.90 Å². The summed E-state index contributed by atoms with van der Waals surface area (Å²) in [5.74, 6) is -0.414. The number of rotatable bonds is 1. The molecule has 0 spiro atoms. The number of ketones is 1. The van der Waals surface area contributed by atoms with Crippen molar-refractivity contribution in [2.75, 3.05) is 26.3 Å². The van der Waals surface area contributed by atoms with E-state index in [1.165, 1.54) is 0 Å². The summed E-state index contributed by atoms with van der Waals surface area (Å²) >= 11 is 0. The van der Waals surface area contributed by atoms with Crippen molar-refractivity contribution < 1.29 is 19.5 Å². The molecular weight excluding hydrogens is 272 g/mol. The molecule has 3 aliphatic rings. The summed E-state index contributed by atoms with van der Waals surface area (Å²) < 4.78 is 5.29. The molecule has 0 aromatic heterocycles. The van der Waals surface area contributed by atoms with Crippen LogP contribution in [-0.4, -0.2) is 53.8 Å². The molecular formula is C15H22N2O4. The van der Waals surface area contributed by atoms with E-state index in [2.05, 4.69) is 5.16 Å². The third-order valence-corrected chi connectivity index (χ3v) is 6.34. The number of oxime groups is 1. The Morgan fingerprint density at radius 1 is 1.24 bits per heavy atom. The maximum Gasteiger partial charge on any atom is 0.237 e. The van der Waals surface area contributed by atoms with Gasteiger partial charge in [0, 0.05) is 18.5 Å². The number of nitrogens with zero attached hydrogens (tertiary/aromatic N) is 2. The minimum Gasteiger partial charge on any atom is -0.411 e. The monoisotopic (exact) mass is 294 g/mol. The summed E-state index contributed by atoms with van der Waals surface area (Å²) in [4.78, 5) is 27.7. The van der Waals surface area contributed by atoms with Crippen LogP contribution in [0.5, 0.6) is 0 Å². The molecule has 2 saturated carbocycles. The van der Waals surface area contributed by atoms with Crippen molar-refractivity contribution in [2.45, 2.75) is 33.6 Å². The Hall–Kier alpha value is -1.43. The topological polar surface area (TPSA) is 79.2 Å². The molecule has 0 radical (unpaired) electrons. The van der Waals surface area contributed by atoms with E-state index in [-0.39, 0.29) is 17.4 Å². The van der Waals surface area contributed by atoms with Crippen LogP contribution >= 0.6 is 0 Å². The molecule has 6 heteroatoms. The summed E-state index contributed by atoms with van der Waals surface area (Å²) in [5.41, 5.74) is -2.00. The third kappa shape index (κ3) is 1.44. The number of hydrogen-bond donors (Lipinski definition) is 1. The zero-order valence-electron chi connectivity index (χ0n) is 12.8. The van der Waals surface area contributed by atoms with Crippen LogP contribution in [-0.2, 0) is 14.3 Å². The molecule has 0 aromatic carbocycles. The quantitative estimate of drug-likeness (QED) is 0.446. The number of morpholine rings is 1. The first-order valence-corrected chi connectivity index (χ1v) is 7.47. The van der Waals surface area contributed by atoms with Gasteiger partial charge in [-0.1, -0.05) is 25.9 Å². The number of Topliss-reactive ketones (excluding diaryl/α,β-unsaturated/α-hetero) is 1. The van der Waals surface area contributed by atoms with E-state index in [1.807, 2.05) is 20.8 Å². The Morgan fingerprint density at radius 2 is 1.86 bits per heavy atom. The van der Waals surface area contributed by atoms with Gasteiger partial charge in [0.25, 0.3) is 0 Å². The van der Waals surface area contributed by atoms with E-state index in [9.17, 15) is 14.8 Å². The average Bonchev–Trinajstić information content (AvgIpc) is 2.75. The molecule has 1 aliphatic heterocycles. The van der Waals surface area contributed by atoms with E-state index in [0.717, 1.165) is 0 Å². The van der Waals surface area contributed by atoms with Gasteiger partial charge in [-0.15, -0.1) is 0 Å². The Labute approximate surface area is 124 Å². The molecule has 1 saturated heterocycles. The highest BCUT2D eigenvalue weighted by molar-refractivity contribution is 6.50. The maximum atomic E-state index is 13.1. The fourth-order valence-electron chi connectivity index (χ4n) is 4.46. The van der Waals surface area contributed by atoms with Crippen molar-refractivity contribution in [3.05, 3.63) is 0 Å². The van der Waals surface area contributed by atoms with Gasteiger partial charge in [0.1, 0.15) is 11.1 Å². The van der Waals surface area contributed by atoms with Crippen LogP contribution in [0.1, 0.15) is 33.6 Å². The predicted molar refractivity (Wildman–Crippen MR) is 75.2 cm³/mol. The highest BCUT2D eigenvalue weighted by Crippen LogP contribution is 2.69. The minimum atomic E-state index is -1.08. The molecule has 2 bridgehead atoms. The average molecular weight is 294 g/mol. The smallest absolute Gasteiger partial charge is 0.237 e. The molecule has 21 heavy (non-hydrogen) atoms. The molecule has 2 unspecified atom stereocenters. The first-order chi connectivity index (χ1) is 9.83. The first kappa shape index (κ1) is 14.5. The maximum absolute atomic E-state index is 13.1. The van der Waals surface area contributed by atoms with Crippen molar-refractivity contribution in [3.63, 3.8) is 0 Å². The highest BCUT2D eigenvalue weighted by Gasteiger charge is 2.77. The van der Waals surface area contributed by atoms with Gasteiger partial charge in [-0.25, -0.2) is 0 Å². The predicted octanol–water partition coefficient (Wildman–Crippen LogP) is 1.07. The van der Waals surface area contributed by atoms with Crippen molar-refractivity contribution in [2.24, 2.45) is 21.4 Å². The lowest BCUT2D eigenvalue weighted by atomic mass is 9.64. The molecule has 1 amide bonds. The van der Waals surface area contributed by atoms with Gasteiger partial charge in [-0.2, -0.15) is 0 Å². The van der Waals surface area contributed by atoms with Crippen LogP contribution in [0.2, 0.25) is 0 Å². The standard InChI is InChI=1S/C15H22N2O4/c1-13(2)14(3)4-5-15(13,11(18)10(14)16-20)12(19)17-6-8-21-9-7-17/h20H,4-9H2,1-3H3/b16-10+. The van der Waals surface area contributed by atoms with Gasteiger partial charge >= 0.3 is 0 Å². The normalized spacial score (nSPS) is 40.0. The van der Waals surface area contributed by atoms with Crippen molar-refractivity contribution >= 4 is 17.4 Å². The van der Waals surface area contributed by atoms with Crippen LogP contribution in [0.15, 0.2) is 5.16 Å². The molecule has 2 atom stereocenters. The Bertz CT molecular complexity index is 536. The van der Waals surface area contributed by atoms with E-state index >= 15 is 0 Å². The Morgan fingerprint density at radius 3 is 2.38 bits per heavy atom. The van der Waals surface area contributed by atoms with Crippen molar-refractivity contribution in [1.29, 1.82) is 0 Å². The number of carbonyl (C=O) groups is 2. The van der Waals surface area contributed by atoms with Gasteiger partial charge in [-0.3, -0.25) is 9.59 Å². The SMILES string of the molecule is CC12CCC(C(=O)N3CCOCC3)(C(=O)/C1=N\O)C2(C)C. The van der Waals surface area contributed by atoms with Gasteiger partial charge in [0.05, 0.1) is 13.2 Å². The molecule has 2 aliphatic carbocycles. The zero-order valence-corrected chi connectivity index (χ0v) is 12.8. The summed E-state index contributed by atoms with van der Waals surface area (Å²) in [5, 5.41) is 12.5. The van der Waals surface area contributed by atoms with Crippen LogP contribution < -0.4 is 0 Å². The number of fused-ring (bicyclic) bond motifs is 2. The second kappa shape index (κ2) is 4.29. The second-order valence-electron chi connectivity index (χ2n) is 7.04. The summed E-state index contributed by atoms with van der Waals surface area (Å²) in [7, 11) is 0. The van der Waals surface area contributed by atoms with E-state index in [0.29, 0.717) is 39.1 Å². The van der Waals surface area contributed by atoms with E-state index < -0.39 is 16.2 Å². The molecule has 3 fully saturated rings. The lowest BCUT2D eigenvalue weighted by Crippen LogP contribution is -2.54. The fourth-order valence-corrected chi connectivity index (χ4v) is 4.46. The summed E-state index contributed by atoms with van der Waals surface area (Å²) in [6.07, 6.45) is 1.23. The van der Waals surface area contributed by atoms with Crippen LogP contribution in [0.4, 0.5) is 0 Å². The van der Waals surface area contributed by atoms with Crippen molar-refractivity contribution in [1.82, 2.24) is 4.90 Å². The number of hydrogen-bond acceptors (Lipinski definition) is 5. The molecule has 1 N–H and O–H groups in total. The fraction of sp³-hybridized carbons (Fsp3) is 0.800. The van der Waals surface area contributed by atoms with E-state index in [4.69, 9.17) is 4.74 Å². The molecule has 116 valence electrons. The third-order valence-electron chi connectivity index (χ3n) is 6.34. The van der Waals surface area contributed by atoms with Gasteiger partial charge in [0.2, 0.25) is 5.91 Å². The zero-order chi connectivity index (χ0) is 15.5. The highest BCUT2D eigenvalue weighted by atomic mass is 16.5. The van der Waals surface area contributed by atoms with Crippen LogP contribution in [0.3, 0.4) is 0 Å². The Balaban J connectivity index is 2.07. The van der Waals surface area contributed by atoms with Gasteiger partial charge in [-0.05, 0) is 18.3 Å². The molecule has 0 aromatic rings. The second-order valence-corrected chi connectivity index (χ2v) is 7.04. The number of carbonyl (C=O) groups excluding carboxylic acids is 2. The lowest BCUT2D eigenvalue weighted by Gasteiger charge is -2.41. The largest absolute Gasteiger partial charge is 0.411 e. The van der Waals surface area contributed by atoms with Crippen molar-refractivity contribution in [3.8, 4) is 0 Å². The molecule has 6 nitrogen and oxygen atoms in total. The van der Waals surface area contributed by atoms with Crippen LogP contribution in [0.25, 0.3) is 0 Å². The molecule has 1 heterocycles. The summed E-state index contributed by atoms with van der Waals surface area (Å²) in [6.45, 7) is 7.89. The number of amides is 1. The lowest BCUT2D eigenvalue weighted by molar-refractivity contribution is -0.156. The number of ether oxygens (including phenoxy) is 1. The van der Waals surface area contributed by atoms with Crippen LogP contribution in [0, 0.1) is 16.2 Å². The van der Waals surface area contributed by atoms with Gasteiger partial charge in [0.15, 0.2) is 5.78 Å². The van der Waals surface area contributed by atoms with Gasteiger partial charge < -0.3 is 14.8 Å².